The van der Waals surface area contributed by atoms with Crippen LogP contribution in [0.25, 0.3) is 0 Å². The fourth-order valence-corrected chi connectivity index (χ4v) is 5.56. The summed E-state index contributed by atoms with van der Waals surface area (Å²) >= 11 is 3.50. The van der Waals surface area contributed by atoms with E-state index < -0.39 is 0 Å². The molecule has 0 saturated carbocycles. The van der Waals surface area contributed by atoms with Crippen LogP contribution >= 0.6 is 22.7 Å². The van der Waals surface area contributed by atoms with Gasteiger partial charge in [0.15, 0.2) is 0 Å². The van der Waals surface area contributed by atoms with Gasteiger partial charge in [0.05, 0.1) is 25.4 Å². The van der Waals surface area contributed by atoms with Crippen molar-refractivity contribution in [1.29, 1.82) is 0 Å². The van der Waals surface area contributed by atoms with Gasteiger partial charge in [-0.15, -0.1) is 22.7 Å². The molecule has 8 heteroatoms. The van der Waals surface area contributed by atoms with Crippen LogP contribution in [0.15, 0.2) is 47.2 Å². The molecule has 6 nitrogen and oxygen atoms in total. The zero-order valence-electron chi connectivity index (χ0n) is 16.8. The summed E-state index contributed by atoms with van der Waals surface area (Å²) in [5, 5.41) is 9.89. The number of nitrogens with one attached hydrogen (secondary N) is 2. The van der Waals surface area contributed by atoms with Crippen molar-refractivity contribution in [3.63, 3.8) is 0 Å². The number of benzene rings is 1. The molecule has 0 bridgehead atoms. The summed E-state index contributed by atoms with van der Waals surface area (Å²) in [5.74, 6) is 0.260. The van der Waals surface area contributed by atoms with E-state index in [4.69, 9.17) is 4.74 Å². The molecule has 1 atom stereocenters. The fourth-order valence-electron chi connectivity index (χ4n) is 3.78. The van der Waals surface area contributed by atoms with Crippen molar-refractivity contribution in [1.82, 2.24) is 4.90 Å². The minimum atomic E-state index is -0.170. The Kier molecular flexibility index (Phi) is 6.17. The highest BCUT2D eigenvalue weighted by Gasteiger charge is 2.31. The molecule has 0 radical (unpaired) electrons. The number of hydrogen-bond acceptors (Lipinski definition) is 6. The first-order valence-electron chi connectivity index (χ1n) is 9.64. The molecule has 30 heavy (non-hydrogen) atoms. The van der Waals surface area contributed by atoms with Crippen LogP contribution in [0.2, 0.25) is 0 Å². The van der Waals surface area contributed by atoms with Crippen LogP contribution in [-0.4, -0.2) is 36.9 Å². The van der Waals surface area contributed by atoms with Crippen LogP contribution in [0.5, 0.6) is 5.75 Å². The number of methoxy groups -OCH3 is 1. The molecule has 3 heterocycles. The Labute approximate surface area is 183 Å². The van der Waals surface area contributed by atoms with E-state index in [1.165, 1.54) is 22.2 Å². The third-order valence-corrected chi connectivity index (χ3v) is 6.94. The van der Waals surface area contributed by atoms with Crippen LogP contribution in [0.1, 0.15) is 28.3 Å². The molecular formula is C22H23N3O3S2. The first-order chi connectivity index (χ1) is 14.5. The van der Waals surface area contributed by atoms with Crippen molar-refractivity contribution in [2.24, 2.45) is 0 Å². The number of fused-ring (bicyclic) bond motifs is 1. The van der Waals surface area contributed by atoms with Crippen LogP contribution in [0, 0.1) is 0 Å². The molecule has 0 fully saturated rings. The quantitative estimate of drug-likeness (QED) is 0.596. The van der Waals surface area contributed by atoms with Crippen LogP contribution in [0.3, 0.4) is 0 Å². The lowest BCUT2D eigenvalue weighted by atomic mass is 9.98. The van der Waals surface area contributed by atoms with Gasteiger partial charge in [-0.1, -0.05) is 6.07 Å². The monoisotopic (exact) mass is 441 g/mol. The average Bonchev–Trinajstić information content (AvgIpc) is 3.39. The molecule has 2 aromatic heterocycles. The zero-order chi connectivity index (χ0) is 21.1. The van der Waals surface area contributed by atoms with Gasteiger partial charge < -0.3 is 15.4 Å². The molecule has 2 amide bonds. The number of nitrogens with zero attached hydrogens (tertiary/aromatic N) is 1. The normalized spacial score (nSPS) is 16.0. The van der Waals surface area contributed by atoms with Gasteiger partial charge in [-0.2, -0.15) is 0 Å². The predicted octanol–water partition coefficient (Wildman–Crippen LogP) is 4.36. The number of rotatable bonds is 6. The lowest BCUT2D eigenvalue weighted by Gasteiger charge is -2.34. The highest BCUT2D eigenvalue weighted by atomic mass is 32.1. The molecule has 0 spiro atoms. The topological polar surface area (TPSA) is 70.7 Å². The average molecular weight is 442 g/mol. The van der Waals surface area contributed by atoms with Gasteiger partial charge in [-0.05, 0) is 53.1 Å². The molecule has 2 N–H and O–H groups in total. The highest BCUT2D eigenvalue weighted by Crippen LogP contribution is 2.39. The minimum Gasteiger partial charge on any atom is -0.495 e. The lowest BCUT2D eigenvalue weighted by molar-refractivity contribution is -0.118. The largest absolute Gasteiger partial charge is 0.495 e. The third-order valence-electron chi connectivity index (χ3n) is 5.02. The first kappa shape index (κ1) is 20.6. The summed E-state index contributed by atoms with van der Waals surface area (Å²) in [7, 11) is 1.55. The van der Waals surface area contributed by atoms with Crippen molar-refractivity contribution >= 4 is 45.9 Å². The maximum absolute atomic E-state index is 13.0. The van der Waals surface area contributed by atoms with Crippen LogP contribution in [0.4, 0.5) is 11.4 Å². The van der Waals surface area contributed by atoms with Gasteiger partial charge >= 0.3 is 0 Å². The SMILES string of the molecule is COc1ccc(NC(C)=O)cc1NC(=O)CN1CCc2sccc2C1c1cccs1. The Bertz CT molecular complexity index is 1050. The van der Waals surface area contributed by atoms with Crippen LogP contribution < -0.4 is 15.4 Å². The van der Waals surface area contributed by atoms with E-state index >= 15 is 0 Å². The Hall–Kier alpha value is -2.68. The number of amides is 2. The predicted molar refractivity (Wildman–Crippen MR) is 122 cm³/mol. The van der Waals surface area contributed by atoms with Crippen molar-refractivity contribution in [2.75, 3.05) is 30.8 Å². The number of thiophene rings is 2. The third kappa shape index (κ3) is 4.40. The highest BCUT2D eigenvalue weighted by molar-refractivity contribution is 7.10. The molecule has 156 valence electrons. The number of anilines is 2. The molecule has 3 aromatic rings. The minimum absolute atomic E-state index is 0.0957. The van der Waals surface area contributed by atoms with Crippen molar-refractivity contribution in [3.8, 4) is 5.75 Å². The van der Waals surface area contributed by atoms with Gasteiger partial charge in [0.1, 0.15) is 5.75 Å². The van der Waals surface area contributed by atoms with Gasteiger partial charge in [-0.25, -0.2) is 0 Å². The van der Waals surface area contributed by atoms with E-state index in [1.807, 2.05) is 0 Å². The molecule has 4 rings (SSSR count). The standard InChI is InChI=1S/C22H23N3O3S2/c1-14(26)23-15-5-6-18(28-2)17(12-15)24-21(27)13-25-9-7-19-16(8-11-30-19)22(25)20-4-3-10-29-20/h3-6,8,10-12,22H,7,9,13H2,1-2H3,(H,23,26)(H,24,27). The van der Waals surface area contributed by atoms with Crippen molar-refractivity contribution in [2.45, 2.75) is 19.4 Å². The zero-order valence-corrected chi connectivity index (χ0v) is 18.4. The van der Waals surface area contributed by atoms with Crippen molar-refractivity contribution in [3.05, 3.63) is 62.5 Å². The van der Waals surface area contributed by atoms with E-state index in [0.29, 0.717) is 17.1 Å². The Morgan fingerprint density at radius 1 is 1.17 bits per heavy atom. The van der Waals surface area contributed by atoms with E-state index in [0.717, 1.165) is 13.0 Å². The van der Waals surface area contributed by atoms with Gasteiger partial charge in [0, 0.05) is 28.9 Å². The Morgan fingerprint density at radius 3 is 2.77 bits per heavy atom. The van der Waals surface area contributed by atoms with Gasteiger partial charge in [0.2, 0.25) is 11.8 Å². The number of carbonyl (C=O) groups is 2. The first-order valence-corrected chi connectivity index (χ1v) is 11.4. The van der Waals surface area contributed by atoms with Gasteiger partial charge in [-0.3, -0.25) is 14.5 Å². The van der Waals surface area contributed by atoms with E-state index in [9.17, 15) is 9.59 Å². The second kappa shape index (κ2) is 8.99. The molecule has 1 unspecified atom stereocenters. The van der Waals surface area contributed by atoms with Crippen molar-refractivity contribution < 1.29 is 14.3 Å². The summed E-state index contributed by atoms with van der Waals surface area (Å²) in [5.41, 5.74) is 2.44. The summed E-state index contributed by atoms with van der Waals surface area (Å²) in [4.78, 5) is 29.2. The molecule has 0 aliphatic carbocycles. The molecular weight excluding hydrogens is 418 g/mol. The Balaban J connectivity index is 1.53. The van der Waals surface area contributed by atoms with E-state index in [1.54, 1.807) is 48.0 Å². The summed E-state index contributed by atoms with van der Waals surface area (Å²) in [6.45, 7) is 2.54. The summed E-state index contributed by atoms with van der Waals surface area (Å²) < 4.78 is 5.37. The molecule has 0 saturated heterocycles. The Morgan fingerprint density at radius 2 is 2.03 bits per heavy atom. The van der Waals surface area contributed by atoms with E-state index in [2.05, 4.69) is 44.5 Å². The smallest absolute Gasteiger partial charge is 0.238 e. The molecule has 1 aromatic carbocycles. The van der Waals surface area contributed by atoms with Crippen LogP contribution in [-0.2, 0) is 16.0 Å². The number of hydrogen-bond donors (Lipinski definition) is 2. The summed E-state index contributed by atoms with van der Waals surface area (Å²) in [6, 6.07) is 11.6. The second-order valence-electron chi connectivity index (χ2n) is 7.08. The van der Waals surface area contributed by atoms with Gasteiger partial charge in [0.25, 0.3) is 0 Å². The molecule has 1 aliphatic heterocycles. The van der Waals surface area contributed by atoms with E-state index in [-0.39, 0.29) is 24.4 Å². The maximum atomic E-state index is 13.0. The second-order valence-corrected chi connectivity index (χ2v) is 9.06. The fraction of sp³-hybridized carbons (Fsp3) is 0.273. The number of ether oxygens (including phenoxy) is 1. The molecule has 1 aliphatic rings. The summed E-state index contributed by atoms with van der Waals surface area (Å²) in [6.07, 6.45) is 0.948. The maximum Gasteiger partial charge on any atom is 0.238 e. The number of carbonyl (C=O) groups excluding carboxylic acids is 2. The lowest BCUT2D eigenvalue weighted by Crippen LogP contribution is -2.40.